The molecule has 2 rings (SSSR count). The fourth-order valence-electron chi connectivity index (χ4n) is 2.82. The zero-order valence-corrected chi connectivity index (χ0v) is 13.9. The number of likely N-dealkylation sites (tertiary alicyclic amines) is 1. The molecule has 5 heteroatoms. The van der Waals surface area contributed by atoms with Gasteiger partial charge in [0, 0.05) is 38.7 Å². The Balaban J connectivity index is 2.10. The van der Waals surface area contributed by atoms with E-state index in [4.69, 9.17) is 4.98 Å². The largest absolute Gasteiger partial charge is 0.370 e. The quantitative estimate of drug-likeness (QED) is 0.835. The van der Waals surface area contributed by atoms with E-state index in [2.05, 4.69) is 47.9 Å². The van der Waals surface area contributed by atoms with E-state index >= 15 is 0 Å². The van der Waals surface area contributed by atoms with Crippen molar-refractivity contribution in [3.63, 3.8) is 0 Å². The molecule has 21 heavy (non-hydrogen) atoms. The maximum atomic E-state index is 4.74. The second-order valence-electron chi connectivity index (χ2n) is 5.79. The number of hydrogen-bond acceptors (Lipinski definition) is 5. The second kappa shape index (κ2) is 7.59. The van der Waals surface area contributed by atoms with Crippen LogP contribution in [0.4, 0.5) is 11.6 Å². The molecule has 1 fully saturated rings. The third kappa shape index (κ3) is 4.06. The molecule has 1 N–H and O–H groups in total. The van der Waals surface area contributed by atoms with Gasteiger partial charge in [-0.05, 0) is 39.8 Å². The van der Waals surface area contributed by atoms with Crippen LogP contribution in [0.15, 0.2) is 0 Å². The lowest BCUT2D eigenvalue weighted by atomic mass is 10.2. The summed E-state index contributed by atoms with van der Waals surface area (Å²) in [4.78, 5) is 14.2. The topological polar surface area (TPSA) is 44.3 Å². The van der Waals surface area contributed by atoms with Gasteiger partial charge in [0.1, 0.15) is 17.5 Å². The first-order valence-electron chi connectivity index (χ1n) is 8.20. The van der Waals surface area contributed by atoms with E-state index in [0.29, 0.717) is 0 Å². The Morgan fingerprint density at radius 3 is 2.52 bits per heavy atom. The predicted molar refractivity (Wildman–Crippen MR) is 89.3 cm³/mol. The van der Waals surface area contributed by atoms with Crippen molar-refractivity contribution in [3.8, 4) is 0 Å². The van der Waals surface area contributed by atoms with Crippen molar-refractivity contribution in [3.05, 3.63) is 11.4 Å². The molecule has 1 aromatic rings. The number of aromatic nitrogens is 2. The first-order valence-corrected chi connectivity index (χ1v) is 8.20. The van der Waals surface area contributed by atoms with E-state index in [-0.39, 0.29) is 0 Å². The summed E-state index contributed by atoms with van der Waals surface area (Å²) in [5.41, 5.74) is 1.15. The van der Waals surface area contributed by atoms with Crippen molar-refractivity contribution in [2.24, 2.45) is 0 Å². The molecule has 0 aliphatic carbocycles. The van der Waals surface area contributed by atoms with Crippen LogP contribution in [0.25, 0.3) is 0 Å². The van der Waals surface area contributed by atoms with Gasteiger partial charge in [-0.2, -0.15) is 0 Å². The SMILES string of the molecule is CCNc1nc(CC)nc(N(C)CCN2CCCC2)c1C. The van der Waals surface area contributed by atoms with Crippen molar-refractivity contribution in [1.82, 2.24) is 14.9 Å². The van der Waals surface area contributed by atoms with Gasteiger partial charge in [0.05, 0.1) is 0 Å². The van der Waals surface area contributed by atoms with E-state index in [0.717, 1.165) is 49.1 Å². The zero-order chi connectivity index (χ0) is 15.2. The fourth-order valence-corrected chi connectivity index (χ4v) is 2.82. The smallest absolute Gasteiger partial charge is 0.137 e. The Morgan fingerprint density at radius 1 is 1.19 bits per heavy atom. The van der Waals surface area contributed by atoms with E-state index < -0.39 is 0 Å². The number of hydrogen-bond donors (Lipinski definition) is 1. The Bertz CT molecular complexity index is 454. The Morgan fingerprint density at radius 2 is 1.90 bits per heavy atom. The highest BCUT2D eigenvalue weighted by Crippen LogP contribution is 2.23. The number of aryl methyl sites for hydroxylation is 1. The van der Waals surface area contributed by atoms with E-state index in [1.54, 1.807) is 0 Å². The summed E-state index contributed by atoms with van der Waals surface area (Å²) < 4.78 is 0. The Labute approximate surface area is 128 Å². The first kappa shape index (κ1) is 16.0. The average Bonchev–Trinajstić information content (AvgIpc) is 3.00. The molecule has 2 heterocycles. The zero-order valence-electron chi connectivity index (χ0n) is 13.9. The van der Waals surface area contributed by atoms with Crippen molar-refractivity contribution in [2.75, 3.05) is 50.0 Å². The van der Waals surface area contributed by atoms with Crippen LogP contribution in [0.5, 0.6) is 0 Å². The molecule has 0 unspecified atom stereocenters. The molecule has 1 aliphatic heterocycles. The summed E-state index contributed by atoms with van der Waals surface area (Å²) >= 11 is 0. The van der Waals surface area contributed by atoms with Crippen LogP contribution in [0, 0.1) is 6.92 Å². The van der Waals surface area contributed by atoms with Gasteiger partial charge >= 0.3 is 0 Å². The number of nitrogens with zero attached hydrogens (tertiary/aromatic N) is 4. The monoisotopic (exact) mass is 291 g/mol. The van der Waals surface area contributed by atoms with Gasteiger partial charge in [-0.15, -0.1) is 0 Å². The van der Waals surface area contributed by atoms with Crippen molar-refractivity contribution >= 4 is 11.6 Å². The van der Waals surface area contributed by atoms with Gasteiger partial charge < -0.3 is 15.1 Å². The highest BCUT2D eigenvalue weighted by molar-refractivity contribution is 5.58. The number of nitrogens with one attached hydrogen (secondary N) is 1. The van der Waals surface area contributed by atoms with Gasteiger partial charge in [0.25, 0.3) is 0 Å². The summed E-state index contributed by atoms with van der Waals surface area (Å²) in [6.45, 7) is 11.8. The number of rotatable bonds is 7. The summed E-state index contributed by atoms with van der Waals surface area (Å²) in [7, 11) is 2.14. The maximum absolute atomic E-state index is 4.74. The van der Waals surface area contributed by atoms with E-state index in [9.17, 15) is 0 Å². The third-order valence-corrected chi connectivity index (χ3v) is 4.14. The summed E-state index contributed by atoms with van der Waals surface area (Å²) in [5.74, 6) is 2.96. The molecule has 0 radical (unpaired) electrons. The summed E-state index contributed by atoms with van der Waals surface area (Å²) in [5, 5.41) is 3.35. The molecular formula is C16H29N5. The van der Waals surface area contributed by atoms with Crippen LogP contribution < -0.4 is 10.2 Å². The minimum absolute atomic E-state index is 0.867. The number of anilines is 2. The van der Waals surface area contributed by atoms with Gasteiger partial charge in [0.2, 0.25) is 0 Å². The van der Waals surface area contributed by atoms with Crippen LogP contribution in [0.3, 0.4) is 0 Å². The molecule has 0 spiro atoms. The first-order chi connectivity index (χ1) is 10.2. The Hall–Kier alpha value is -1.36. The lowest BCUT2D eigenvalue weighted by Crippen LogP contribution is -2.32. The normalized spacial score (nSPS) is 15.4. The molecule has 1 aromatic heterocycles. The van der Waals surface area contributed by atoms with E-state index in [1.165, 1.54) is 25.9 Å². The van der Waals surface area contributed by atoms with Crippen molar-refractivity contribution in [1.29, 1.82) is 0 Å². The molecule has 0 saturated carbocycles. The average molecular weight is 291 g/mol. The standard InChI is InChI=1S/C16H29N5/c1-5-14-18-15(17-6-2)13(3)16(19-14)20(4)11-12-21-9-7-8-10-21/h5-12H2,1-4H3,(H,17,18,19). The second-order valence-corrected chi connectivity index (χ2v) is 5.79. The minimum atomic E-state index is 0.867. The predicted octanol–water partition coefficient (Wildman–Crippen LogP) is 2.31. The Kier molecular flexibility index (Phi) is 5.79. The molecule has 118 valence electrons. The fraction of sp³-hybridized carbons (Fsp3) is 0.750. The van der Waals surface area contributed by atoms with Gasteiger partial charge in [0.15, 0.2) is 0 Å². The van der Waals surface area contributed by atoms with E-state index in [1.807, 2.05) is 0 Å². The summed E-state index contributed by atoms with van der Waals surface area (Å²) in [6.07, 6.45) is 3.56. The molecule has 1 saturated heterocycles. The lowest BCUT2D eigenvalue weighted by molar-refractivity contribution is 0.346. The van der Waals surface area contributed by atoms with Gasteiger partial charge in [-0.3, -0.25) is 0 Å². The van der Waals surface area contributed by atoms with Crippen LogP contribution in [-0.2, 0) is 6.42 Å². The maximum Gasteiger partial charge on any atom is 0.137 e. The van der Waals surface area contributed by atoms with Crippen LogP contribution in [0.1, 0.15) is 38.1 Å². The number of likely N-dealkylation sites (N-methyl/N-ethyl adjacent to an activating group) is 1. The molecule has 0 atom stereocenters. The molecule has 0 amide bonds. The van der Waals surface area contributed by atoms with Crippen LogP contribution in [-0.4, -0.2) is 54.6 Å². The van der Waals surface area contributed by atoms with Crippen LogP contribution >= 0.6 is 0 Å². The third-order valence-electron chi connectivity index (χ3n) is 4.14. The lowest BCUT2D eigenvalue weighted by Gasteiger charge is -2.25. The van der Waals surface area contributed by atoms with Crippen molar-refractivity contribution < 1.29 is 0 Å². The molecular weight excluding hydrogens is 262 g/mol. The summed E-state index contributed by atoms with van der Waals surface area (Å²) in [6, 6.07) is 0. The molecule has 1 aliphatic rings. The highest BCUT2D eigenvalue weighted by atomic mass is 15.2. The van der Waals surface area contributed by atoms with Gasteiger partial charge in [-0.1, -0.05) is 6.92 Å². The highest BCUT2D eigenvalue weighted by Gasteiger charge is 2.16. The van der Waals surface area contributed by atoms with Crippen LogP contribution in [0.2, 0.25) is 0 Å². The molecule has 0 aromatic carbocycles. The van der Waals surface area contributed by atoms with Crippen molar-refractivity contribution in [2.45, 2.75) is 40.0 Å². The molecule has 0 bridgehead atoms. The minimum Gasteiger partial charge on any atom is -0.370 e. The van der Waals surface area contributed by atoms with Gasteiger partial charge in [-0.25, -0.2) is 9.97 Å². The molecule has 5 nitrogen and oxygen atoms in total.